The first kappa shape index (κ1) is 30.5. The molecular formula is C34H37F2N9O3. The molecule has 2 bridgehead atoms. The number of alkyl halides is 2. The van der Waals surface area contributed by atoms with Crippen molar-refractivity contribution in [3.63, 3.8) is 0 Å². The van der Waals surface area contributed by atoms with Crippen LogP contribution >= 0.6 is 0 Å². The van der Waals surface area contributed by atoms with E-state index in [1.165, 1.54) is 0 Å². The summed E-state index contributed by atoms with van der Waals surface area (Å²) in [6.45, 7) is -0.269. The van der Waals surface area contributed by atoms with E-state index < -0.39 is 18.5 Å². The molecule has 250 valence electrons. The van der Waals surface area contributed by atoms with E-state index in [0.717, 1.165) is 73.3 Å². The average molecular weight is 658 g/mol. The number of imidazole rings is 1. The van der Waals surface area contributed by atoms with Crippen LogP contribution in [0.15, 0.2) is 42.7 Å². The minimum absolute atomic E-state index is 0.0135. The van der Waals surface area contributed by atoms with Gasteiger partial charge < -0.3 is 29.8 Å². The van der Waals surface area contributed by atoms with Crippen molar-refractivity contribution in [2.75, 3.05) is 7.11 Å². The summed E-state index contributed by atoms with van der Waals surface area (Å²) in [5.74, 6) is 1.25. The van der Waals surface area contributed by atoms with E-state index in [1.807, 2.05) is 34.7 Å². The molecule has 4 aromatic heterocycles. The van der Waals surface area contributed by atoms with E-state index >= 15 is 0 Å². The highest BCUT2D eigenvalue weighted by atomic mass is 19.3. The van der Waals surface area contributed by atoms with Gasteiger partial charge in [0.25, 0.3) is 11.8 Å². The molecule has 3 N–H and O–H groups in total. The lowest BCUT2D eigenvalue weighted by molar-refractivity contribution is 0.0565. The number of nitrogens with zero attached hydrogens (tertiary/aromatic N) is 7. The van der Waals surface area contributed by atoms with Gasteiger partial charge in [0.1, 0.15) is 16.9 Å². The van der Waals surface area contributed by atoms with E-state index in [1.54, 1.807) is 20.1 Å². The molecule has 6 heterocycles. The standard InChI is InChI=1S/C34H37F2N9O3/c1-17(39-32(46)21-14-38-44(16-21)34(35)36)24-8-6-19-11-27(43(30(19)40-24)15-18-4-5-18)31-41-25-10-20(12-28(48-3)29(25)42(31)2)33(47)45-22-7-9-26(45)23(37)13-22/h6,8,10-12,14,16-18,22-23,26,34H,4-5,7,9,13,15,37H2,1-3H3,(H,39,46)/t17-,22+,23-,26-/m1/s1. The van der Waals surface area contributed by atoms with Gasteiger partial charge in [0, 0.05) is 48.9 Å². The SMILES string of the molecule is COc1cc(C(=O)N2[C@H]3CC[C@@H]2[C@H](N)C3)cc2nc(-c3cc4ccc([C@@H](C)NC(=O)c5cnn(C(F)F)c5)nc4n3CC3CC3)n(C)c12. The summed E-state index contributed by atoms with van der Waals surface area (Å²) < 4.78 is 36.4. The third-order valence-corrected chi connectivity index (χ3v) is 10.2. The van der Waals surface area contributed by atoms with Crippen molar-refractivity contribution in [3.05, 3.63) is 59.5 Å². The Balaban J connectivity index is 1.15. The molecule has 5 aromatic rings. The minimum atomic E-state index is -2.83. The number of hydrogen-bond acceptors (Lipinski definition) is 7. The number of aromatic nitrogens is 6. The maximum absolute atomic E-state index is 13.8. The first-order valence-corrected chi connectivity index (χ1v) is 16.4. The summed E-state index contributed by atoms with van der Waals surface area (Å²) in [6, 6.07) is 9.31. The van der Waals surface area contributed by atoms with Gasteiger partial charge in [0.2, 0.25) is 0 Å². The van der Waals surface area contributed by atoms with Crippen LogP contribution in [0, 0.1) is 5.92 Å². The number of halogens is 2. The molecule has 2 aliphatic heterocycles. The van der Waals surface area contributed by atoms with Gasteiger partial charge in [-0.2, -0.15) is 13.9 Å². The van der Waals surface area contributed by atoms with Gasteiger partial charge in [-0.1, -0.05) is 0 Å². The molecule has 0 radical (unpaired) electrons. The van der Waals surface area contributed by atoms with Crippen LogP contribution in [0.3, 0.4) is 0 Å². The highest BCUT2D eigenvalue weighted by Gasteiger charge is 2.47. The fourth-order valence-corrected chi connectivity index (χ4v) is 7.55. The van der Waals surface area contributed by atoms with Crippen molar-refractivity contribution in [1.82, 2.24) is 39.1 Å². The van der Waals surface area contributed by atoms with Gasteiger partial charge in [0.05, 0.1) is 41.8 Å². The molecule has 1 saturated carbocycles. The number of ether oxygens (including phenoxy) is 1. The second-order valence-electron chi connectivity index (χ2n) is 13.4. The van der Waals surface area contributed by atoms with E-state index in [9.17, 15) is 18.4 Å². The summed E-state index contributed by atoms with van der Waals surface area (Å²) in [5.41, 5.74) is 10.6. The predicted octanol–water partition coefficient (Wildman–Crippen LogP) is 4.80. The minimum Gasteiger partial charge on any atom is -0.494 e. The maximum atomic E-state index is 13.8. The fraction of sp³-hybridized carbons (Fsp3) is 0.441. The third kappa shape index (κ3) is 5.00. The van der Waals surface area contributed by atoms with Crippen molar-refractivity contribution in [1.29, 1.82) is 0 Å². The number of nitrogens with two attached hydrogens (primary N) is 1. The lowest BCUT2D eigenvalue weighted by Gasteiger charge is -2.23. The van der Waals surface area contributed by atoms with Gasteiger partial charge in [-0.25, -0.2) is 14.6 Å². The molecule has 8 rings (SSSR count). The van der Waals surface area contributed by atoms with Crippen LogP contribution in [0.25, 0.3) is 33.6 Å². The number of pyridine rings is 1. The highest BCUT2D eigenvalue weighted by Crippen LogP contribution is 2.40. The topological polar surface area (TPSA) is 138 Å². The van der Waals surface area contributed by atoms with Gasteiger partial charge in [-0.15, -0.1) is 0 Å². The van der Waals surface area contributed by atoms with Crippen LogP contribution in [0.4, 0.5) is 8.78 Å². The summed E-state index contributed by atoms with van der Waals surface area (Å²) in [6.07, 6.45) is 7.15. The number of hydrogen-bond donors (Lipinski definition) is 2. The Kier molecular flexibility index (Phi) is 7.23. The summed E-state index contributed by atoms with van der Waals surface area (Å²) >= 11 is 0. The van der Waals surface area contributed by atoms with E-state index in [4.69, 9.17) is 20.4 Å². The van der Waals surface area contributed by atoms with Gasteiger partial charge in [-0.05, 0) is 75.3 Å². The Hall–Kier alpha value is -4.85. The van der Waals surface area contributed by atoms with Crippen molar-refractivity contribution in [2.24, 2.45) is 18.7 Å². The normalized spacial score (nSPS) is 21.1. The van der Waals surface area contributed by atoms with Crippen LogP contribution < -0.4 is 15.8 Å². The highest BCUT2D eigenvalue weighted by molar-refractivity contribution is 6.01. The molecule has 0 unspecified atom stereocenters. The molecular weight excluding hydrogens is 620 g/mol. The molecule has 1 aliphatic carbocycles. The number of methoxy groups -OCH3 is 1. The molecule has 2 amide bonds. The summed E-state index contributed by atoms with van der Waals surface area (Å²) in [5, 5.41) is 7.33. The molecule has 1 aromatic carbocycles. The van der Waals surface area contributed by atoms with E-state index in [-0.39, 0.29) is 29.6 Å². The van der Waals surface area contributed by atoms with Gasteiger partial charge in [-0.3, -0.25) is 9.59 Å². The summed E-state index contributed by atoms with van der Waals surface area (Å²) in [7, 11) is 3.55. The van der Waals surface area contributed by atoms with Crippen LogP contribution in [0.1, 0.15) is 78.0 Å². The molecule has 0 spiro atoms. The van der Waals surface area contributed by atoms with Crippen molar-refractivity contribution in [3.8, 4) is 17.3 Å². The van der Waals surface area contributed by atoms with Crippen molar-refractivity contribution >= 4 is 33.9 Å². The molecule has 48 heavy (non-hydrogen) atoms. The van der Waals surface area contributed by atoms with Crippen LogP contribution in [0.2, 0.25) is 0 Å². The van der Waals surface area contributed by atoms with Crippen molar-refractivity contribution in [2.45, 2.75) is 76.3 Å². The Morgan fingerprint density at radius 1 is 1.10 bits per heavy atom. The Morgan fingerprint density at radius 2 is 1.92 bits per heavy atom. The zero-order chi connectivity index (χ0) is 33.4. The largest absolute Gasteiger partial charge is 0.494 e. The predicted molar refractivity (Wildman–Crippen MR) is 174 cm³/mol. The average Bonchev–Trinajstić information content (AvgIpc) is 3.45. The van der Waals surface area contributed by atoms with E-state index in [0.29, 0.717) is 38.9 Å². The monoisotopic (exact) mass is 657 g/mol. The molecule has 12 nitrogen and oxygen atoms in total. The first-order chi connectivity index (χ1) is 23.1. The van der Waals surface area contributed by atoms with Gasteiger partial charge in [0.15, 0.2) is 5.82 Å². The Morgan fingerprint density at radius 3 is 2.58 bits per heavy atom. The van der Waals surface area contributed by atoms with Gasteiger partial charge >= 0.3 is 6.55 Å². The maximum Gasteiger partial charge on any atom is 0.333 e. The lowest BCUT2D eigenvalue weighted by atomic mass is 9.97. The third-order valence-electron chi connectivity index (χ3n) is 10.2. The number of carbonyl (C=O) groups excluding carboxylic acids is 2. The molecule has 3 fully saturated rings. The number of carbonyl (C=O) groups is 2. The molecule has 2 saturated heterocycles. The summed E-state index contributed by atoms with van der Waals surface area (Å²) in [4.78, 5) is 38.6. The molecule has 3 aliphatic rings. The Labute approximate surface area is 274 Å². The second kappa shape index (κ2) is 11.4. The number of amides is 2. The Bertz CT molecular complexity index is 2080. The molecule has 4 atom stereocenters. The number of fused-ring (bicyclic) bond motifs is 4. The second-order valence-corrected chi connectivity index (χ2v) is 13.4. The number of benzene rings is 1. The lowest BCUT2D eigenvalue weighted by Crippen LogP contribution is -2.40. The van der Waals surface area contributed by atoms with Crippen LogP contribution in [-0.2, 0) is 13.6 Å². The van der Waals surface area contributed by atoms with Crippen LogP contribution in [0.5, 0.6) is 5.75 Å². The number of nitrogens with one attached hydrogen (secondary N) is 1. The molecule has 14 heteroatoms. The van der Waals surface area contributed by atoms with Crippen LogP contribution in [-0.4, -0.2) is 70.8 Å². The smallest absolute Gasteiger partial charge is 0.333 e. The fourth-order valence-electron chi connectivity index (χ4n) is 7.55. The number of rotatable bonds is 9. The zero-order valence-corrected chi connectivity index (χ0v) is 26.9. The number of aryl methyl sites for hydroxylation is 1. The quantitative estimate of drug-likeness (QED) is 0.232. The van der Waals surface area contributed by atoms with Crippen molar-refractivity contribution < 1.29 is 23.1 Å². The first-order valence-electron chi connectivity index (χ1n) is 16.4. The zero-order valence-electron chi connectivity index (χ0n) is 26.9. The van der Waals surface area contributed by atoms with E-state index in [2.05, 4.69) is 21.0 Å².